The lowest BCUT2D eigenvalue weighted by atomic mass is 9.77. The van der Waals surface area contributed by atoms with E-state index in [0.29, 0.717) is 23.8 Å². The van der Waals surface area contributed by atoms with E-state index in [4.69, 9.17) is 0 Å². The van der Waals surface area contributed by atoms with E-state index < -0.39 is 11.9 Å². The van der Waals surface area contributed by atoms with Gasteiger partial charge in [-0.3, -0.25) is 4.79 Å². The number of thioether (sulfide) groups is 1. The summed E-state index contributed by atoms with van der Waals surface area (Å²) in [5.74, 6) is 0.369. The summed E-state index contributed by atoms with van der Waals surface area (Å²) in [6, 6.07) is 4.08. The number of benzene rings is 1. The molecule has 4 heteroatoms. The summed E-state index contributed by atoms with van der Waals surface area (Å²) in [5.41, 5.74) is 2.41. The van der Waals surface area contributed by atoms with Gasteiger partial charge >= 0.3 is 5.97 Å². The minimum atomic E-state index is -0.708. The van der Waals surface area contributed by atoms with Gasteiger partial charge in [-0.25, -0.2) is 0 Å². The highest BCUT2D eigenvalue weighted by Crippen LogP contribution is 2.40. The fraction of sp³-hybridized carbons (Fsp3) is 0.788. The number of carboxylic acids is 1. The van der Waals surface area contributed by atoms with Crippen molar-refractivity contribution >= 4 is 17.7 Å². The quantitative estimate of drug-likeness (QED) is 0.184. The molecule has 2 unspecified atom stereocenters. The summed E-state index contributed by atoms with van der Waals surface area (Å²) in [6.07, 6.45) is 15.7. The van der Waals surface area contributed by atoms with Gasteiger partial charge in [0.1, 0.15) is 5.75 Å². The molecule has 1 aromatic rings. The van der Waals surface area contributed by atoms with Gasteiger partial charge < -0.3 is 10.2 Å². The molecule has 0 saturated carbocycles. The fourth-order valence-corrected chi connectivity index (χ4v) is 6.33. The van der Waals surface area contributed by atoms with Crippen LogP contribution in [0.15, 0.2) is 12.1 Å². The Hall–Kier alpha value is -1.16. The van der Waals surface area contributed by atoms with E-state index in [0.717, 1.165) is 28.9 Å². The lowest BCUT2D eigenvalue weighted by molar-refractivity contribution is -0.141. The summed E-state index contributed by atoms with van der Waals surface area (Å²) >= 11 is 1.97. The first-order chi connectivity index (χ1) is 17.3. The largest absolute Gasteiger partial charge is 0.507 e. The summed E-state index contributed by atoms with van der Waals surface area (Å²) in [5, 5.41) is 21.5. The molecule has 2 N–H and O–H groups in total. The number of carboxylic acid groups (broad SMARTS) is 1. The molecule has 0 amide bonds. The van der Waals surface area contributed by atoms with E-state index in [1.165, 1.54) is 64.2 Å². The van der Waals surface area contributed by atoms with Crippen molar-refractivity contribution in [1.82, 2.24) is 0 Å². The molecule has 1 aromatic carbocycles. The number of aromatic hydroxyl groups is 1. The third-order valence-electron chi connectivity index (χ3n) is 7.47. The highest BCUT2D eigenvalue weighted by atomic mass is 32.2. The van der Waals surface area contributed by atoms with Crippen LogP contribution in [0.4, 0.5) is 0 Å². The minimum Gasteiger partial charge on any atom is -0.507 e. The normalized spacial score (nSPS) is 14.1. The van der Waals surface area contributed by atoms with Crippen molar-refractivity contribution in [3.05, 3.63) is 28.8 Å². The molecular formula is C33H58O3S. The standard InChI is InChI=1S/C33H58O3S/c1-9-11-12-13-14-15-16-17-18-19-20-37-27(10-2)24-26(31(35)36)21-25-22-28(32(3,4)5)30(34)29(23-25)33(6,7)8/h22-23,26-27,34H,9-21,24H2,1-8H3,(H,35,36). The number of carbonyl (C=O) groups is 1. The predicted octanol–water partition coefficient (Wildman–Crippen LogP) is 10.1. The molecular weight excluding hydrogens is 476 g/mol. The number of phenols is 1. The van der Waals surface area contributed by atoms with Crippen LogP contribution in [0, 0.1) is 5.92 Å². The summed E-state index contributed by atoms with van der Waals surface area (Å²) in [7, 11) is 0. The topological polar surface area (TPSA) is 57.5 Å². The third kappa shape index (κ3) is 13.0. The average molecular weight is 535 g/mol. The Kier molecular flexibility index (Phi) is 15.3. The Morgan fingerprint density at radius 2 is 1.27 bits per heavy atom. The van der Waals surface area contributed by atoms with Gasteiger partial charge in [0.15, 0.2) is 0 Å². The molecule has 214 valence electrons. The molecule has 0 heterocycles. The van der Waals surface area contributed by atoms with Gasteiger partial charge in [-0.05, 0) is 59.0 Å². The van der Waals surface area contributed by atoms with Crippen LogP contribution < -0.4 is 0 Å². The van der Waals surface area contributed by atoms with Gasteiger partial charge in [-0.1, -0.05) is 125 Å². The SMILES string of the molecule is CCCCCCCCCCCCSC(CC)CC(Cc1cc(C(C)(C)C)c(O)c(C(C)(C)C)c1)C(=O)O. The Labute approximate surface area is 233 Å². The first kappa shape index (κ1) is 33.9. The maximum atomic E-state index is 12.3. The van der Waals surface area contributed by atoms with Crippen LogP contribution in [0.2, 0.25) is 0 Å². The zero-order valence-corrected chi connectivity index (χ0v) is 26.2. The van der Waals surface area contributed by atoms with E-state index >= 15 is 0 Å². The molecule has 37 heavy (non-hydrogen) atoms. The van der Waals surface area contributed by atoms with Crippen LogP contribution in [0.5, 0.6) is 5.75 Å². The Morgan fingerprint density at radius 1 is 0.811 bits per heavy atom. The lowest BCUT2D eigenvalue weighted by Crippen LogP contribution is -2.23. The Morgan fingerprint density at radius 3 is 1.68 bits per heavy atom. The molecule has 0 bridgehead atoms. The molecule has 0 aliphatic rings. The Bertz CT molecular complexity index is 753. The van der Waals surface area contributed by atoms with Crippen LogP contribution in [0.25, 0.3) is 0 Å². The van der Waals surface area contributed by atoms with Gasteiger partial charge in [0.05, 0.1) is 5.92 Å². The van der Waals surface area contributed by atoms with Crippen molar-refractivity contribution in [2.24, 2.45) is 5.92 Å². The maximum absolute atomic E-state index is 12.3. The van der Waals surface area contributed by atoms with Crippen molar-refractivity contribution < 1.29 is 15.0 Å². The van der Waals surface area contributed by atoms with E-state index in [2.05, 4.69) is 55.4 Å². The van der Waals surface area contributed by atoms with Gasteiger partial charge in [0.25, 0.3) is 0 Å². The molecule has 0 aromatic heterocycles. The van der Waals surface area contributed by atoms with E-state index in [1.807, 2.05) is 23.9 Å². The third-order valence-corrected chi connectivity index (χ3v) is 8.99. The van der Waals surface area contributed by atoms with E-state index in [1.54, 1.807) is 0 Å². The second-order valence-corrected chi connectivity index (χ2v) is 14.5. The molecule has 0 spiro atoms. The first-order valence-electron chi connectivity index (χ1n) is 15.0. The van der Waals surface area contributed by atoms with Crippen molar-refractivity contribution in [3.63, 3.8) is 0 Å². The van der Waals surface area contributed by atoms with Crippen LogP contribution in [-0.2, 0) is 22.0 Å². The molecule has 2 atom stereocenters. The second kappa shape index (κ2) is 16.7. The minimum absolute atomic E-state index is 0.213. The van der Waals surface area contributed by atoms with E-state index in [9.17, 15) is 15.0 Å². The highest BCUT2D eigenvalue weighted by molar-refractivity contribution is 7.99. The smallest absolute Gasteiger partial charge is 0.306 e. The van der Waals surface area contributed by atoms with Crippen molar-refractivity contribution in [3.8, 4) is 5.75 Å². The zero-order valence-electron chi connectivity index (χ0n) is 25.4. The summed E-state index contributed by atoms with van der Waals surface area (Å²) in [4.78, 5) is 12.3. The molecule has 0 aliphatic carbocycles. The second-order valence-electron chi connectivity index (χ2n) is 13.1. The molecule has 0 saturated heterocycles. The predicted molar refractivity (Wildman–Crippen MR) is 163 cm³/mol. The number of rotatable bonds is 18. The van der Waals surface area contributed by atoms with Gasteiger partial charge in [-0.15, -0.1) is 0 Å². The monoisotopic (exact) mass is 534 g/mol. The van der Waals surface area contributed by atoms with Gasteiger partial charge in [0, 0.05) is 5.25 Å². The Balaban J connectivity index is 2.67. The first-order valence-corrected chi connectivity index (χ1v) is 16.1. The molecule has 1 rings (SSSR count). The number of unbranched alkanes of at least 4 members (excludes halogenated alkanes) is 9. The van der Waals surface area contributed by atoms with Crippen LogP contribution in [0.1, 0.15) is 149 Å². The number of hydrogen-bond donors (Lipinski definition) is 2. The molecule has 0 radical (unpaired) electrons. The highest BCUT2D eigenvalue weighted by Gasteiger charge is 2.29. The van der Waals surface area contributed by atoms with Crippen LogP contribution >= 0.6 is 11.8 Å². The molecule has 0 aliphatic heterocycles. The van der Waals surface area contributed by atoms with Crippen LogP contribution in [0.3, 0.4) is 0 Å². The van der Waals surface area contributed by atoms with Gasteiger partial charge in [0.2, 0.25) is 0 Å². The lowest BCUT2D eigenvalue weighted by Gasteiger charge is -2.29. The maximum Gasteiger partial charge on any atom is 0.306 e. The fourth-order valence-electron chi connectivity index (χ4n) is 5.02. The summed E-state index contributed by atoms with van der Waals surface area (Å²) in [6.45, 7) is 17.1. The summed E-state index contributed by atoms with van der Waals surface area (Å²) < 4.78 is 0. The molecule has 0 fully saturated rings. The van der Waals surface area contributed by atoms with Crippen LogP contribution in [-0.4, -0.2) is 27.2 Å². The zero-order chi connectivity index (χ0) is 28.1. The average Bonchev–Trinajstić information content (AvgIpc) is 2.80. The number of aliphatic carboxylic acids is 1. The van der Waals surface area contributed by atoms with Crippen molar-refractivity contribution in [1.29, 1.82) is 0 Å². The number of hydrogen-bond acceptors (Lipinski definition) is 3. The van der Waals surface area contributed by atoms with Crippen molar-refractivity contribution in [2.45, 2.75) is 155 Å². The van der Waals surface area contributed by atoms with Gasteiger partial charge in [-0.2, -0.15) is 11.8 Å². The molecule has 3 nitrogen and oxygen atoms in total. The number of phenolic OH excluding ortho intramolecular Hbond substituents is 1. The van der Waals surface area contributed by atoms with Crippen molar-refractivity contribution in [2.75, 3.05) is 5.75 Å². The van der Waals surface area contributed by atoms with E-state index in [-0.39, 0.29) is 10.8 Å².